The van der Waals surface area contributed by atoms with E-state index in [1.807, 2.05) is 0 Å². The summed E-state index contributed by atoms with van der Waals surface area (Å²) in [6.45, 7) is 10.00. The van der Waals surface area contributed by atoms with Crippen LogP contribution in [0.5, 0.6) is 0 Å². The molecule has 2 rings (SSSR count). The van der Waals surface area contributed by atoms with Crippen molar-refractivity contribution in [3.05, 3.63) is 34.9 Å². The van der Waals surface area contributed by atoms with E-state index in [1.54, 1.807) is 0 Å². The highest BCUT2D eigenvalue weighted by Gasteiger charge is 2.16. The molecule has 0 bridgehead atoms. The Labute approximate surface area is 118 Å². The van der Waals surface area contributed by atoms with Gasteiger partial charge in [-0.25, -0.2) is 9.59 Å². The Morgan fingerprint density at radius 3 is 1.85 bits per heavy atom. The van der Waals surface area contributed by atoms with Crippen molar-refractivity contribution in [3.8, 4) is 0 Å². The van der Waals surface area contributed by atoms with Gasteiger partial charge in [-0.15, -0.1) is 0 Å². The zero-order valence-corrected chi connectivity index (χ0v) is 12.1. The molecule has 20 heavy (non-hydrogen) atoms. The van der Waals surface area contributed by atoms with Gasteiger partial charge in [-0.1, -0.05) is 19.9 Å². The van der Waals surface area contributed by atoms with Crippen LogP contribution in [0.15, 0.2) is 18.2 Å². The van der Waals surface area contributed by atoms with Gasteiger partial charge in [0.25, 0.3) is 0 Å². The average Bonchev–Trinajstić information content (AvgIpc) is 3.12. The largest absolute Gasteiger partial charge is 0.478 e. The number of carboxylic acids is 2. The van der Waals surface area contributed by atoms with Crippen LogP contribution in [0.3, 0.4) is 0 Å². The summed E-state index contributed by atoms with van der Waals surface area (Å²) < 4.78 is 0. The fourth-order valence-corrected chi connectivity index (χ4v) is 1.87. The maximum atomic E-state index is 10.6. The lowest BCUT2D eigenvalue weighted by Crippen LogP contribution is -2.06. The minimum absolute atomic E-state index is 0.0277. The molecule has 5 heteroatoms. The predicted octanol–water partition coefficient (Wildman–Crippen LogP) is 2.35. The number of benzene rings is 1. The third-order valence-corrected chi connectivity index (χ3v) is 2.96. The van der Waals surface area contributed by atoms with Crippen LogP contribution in [-0.4, -0.2) is 46.7 Å². The lowest BCUT2D eigenvalue weighted by molar-refractivity contribution is 0.0696. The van der Waals surface area contributed by atoms with Crippen LogP contribution < -0.4 is 0 Å². The van der Waals surface area contributed by atoms with Crippen LogP contribution in [0.2, 0.25) is 0 Å². The Hall–Kier alpha value is -1.88. The predicted molar refractivity (Wildman–Crippen MR) is 76.4 cm³/mol. The highest BCUT2D eigenvalue weighted by molar-refractivity contribution is 5.96. The molecule has 0 unspecified atom stereocenters. The van der Waals surface area contributed by atoms with Gasteiger partial charge in [0, 0.05) is 19.6 Å². The summed E-state index contributed by atoms with van der Waals surface area (Å²) in [5.74, 6) is -1.36. The van der Waals surface area contributed by atoms with Gasteiger partial charge in [0.15, 0.2) is 0 Å². The summed E-state index contributed by atoms with van der Waals surface area (Å²) >= 11 is 0. The quantitative estimate of drug-likeness (QED) is 0.827. The van der Waals surface area contributed by atoms with Crippen LogP contribution in [0.25, 0.3) is 0 Å². The molecule has 110 valence electrons. The summed E-state index contributed by atoms with van der Waals surface area (Å²) in [5, 5.41) is 17.4. The summed E-state index contributed by atoms with van der Waals surface area (Å²) in [5.41, 5.74) is 0.335. The smallest absolute Gasteiger partial charge is 0.335 e. The second-order valence-electron chi connectivity index (χ2n) is 5.28. The van der Waals surface area contributed by atoms with E-state index in [-0.39, 0.29) is 16.7 Å². The standard InChI is InChI=1S/C9H8O4.C6H13N/c1-5-6(8(10)11)3-2-4-7(5)9(12)13;1-6(2)5-7-3-4-7/h2-4H,1H3,(H,10,11)(H,12,13);6H,3-5H2,1-2H3. The maximum Gasteiger partial charge on any atom is 0.335 e. The highest BCUT2D eigenvalue weighted by atomic mass is 16.4. The van der Waals surface area contributed by atoms with Gasteiger partial charge in [-0.2, -0.15) is 0 Å². The van der Waals surface area contributed by atoms with E-state index < -0.39 is 11.9 Å². The molecule has 1 fully saturated rings. The maximum absolute atomic E-state index is 10.6. The molecule has 0 atom stereocenters. The Bertz CT molecular complexity index is 460. The van der Waals surface area contributed by atoms with Crippen LogP contribution in [0.1, 0.15) is 40.1 Å². The lowest BCUT2D eigenvalue weighted by atomic mass is 10.0. The molecule has 0 aliphatic carbocycles. The van der Waals surface area contributed by atoms with Crippen molar-refractivity contribution in [2.24, 2.45) is 5.92 Å². The van der Waals surface area contributed by atoms with Crippen molar-refractivity contribution in [1.82, 2.24) is 4.90 Å². The van der Waals surface area contributed by atoms with E-state index in [9.17, 15) is 9.59 Å². The molecule has 1 aromatic carbocycles. The highest BCUT2D eigenvalue weighted by Crippen LogP contribution is 2.13. The number of hydrogen-bond acceptors (Lipinski definition) is 3. The normalized spacial score (nSPS) is 13.6. The Morgan fingerprint density at radius 2 is 1.60 bits per heavy atom. The molecule has 0 radical (unpaired) electrons. The Balaban J connectivity index is 0.000000240. The minimum Gasteiger partial charge on any atom is -0.478 e. The van der Waals surface area contributed by atoms with Gasteiger partial charge in [-0.3, -0.25) is 0 Å². The van der Waals surface area contributed by atoms with E-state index in [4.69, 9.17) is 10.2 Å². The third kappa shape index (κ3) is 5.01. The van der Waals surface area contributed by atoms with Gasteiger partial charge < -0.3 is 15.1 Å². The van der Waals surface area contributed by atoms with Crippen LogP contribution >= 0.6 is 0 Å². The van der Waals surface area contributed by atoms with Gasteiger partial charge in [-0.05, 0) is 30.5 Å². The number of nitrogens with zero attached hydrogens (tertiary/aromatic N) is 1. The number of hydrogen-bond donors (Lipinski definition) is 2. The minimum atomic E-state index is -1.11. The molecule has 1 aromatic rings. The molecule has 1 aliphatic heterocycles. The van der Waals surface area contributed by atoms with E-state index in [0.717, 1.165) is 5.92 Å². The fraction of sp³-hybridized carbons (Fsp3) is 0.467. The van der Waals surface area contributed by atoms with Crippen LogP contribution in [0.4, 0.5) is 0 Å². The van der Waals surface area contributed by atoms with Crippen molar-refractivity contribution in [1.29, 1.82) is 0 Å². The number of rotatable bonds is 4. The van der Waals surface area contributed by atoms with Crippen molar-refractivity contribution >= 4 is 11.9 Å². The van der Waals surface area contributed by atoms with Crippen LogP contribution in [0, 0.1) is 12.8 Å². The number of aromatic carboxylic acids is 2. The van der Waals surface area contributed by atoms with Crippen molar-refractivity contribution in [3.63, 3.8) is 0 Å². The molecule has 0 aromatic heterocycles. The summed E-state index contributed by atoms with van der Waals surface area (Å²) in [6, 6.07) is 4.17. The molecule has 0 amide bonds. The first-order chi connectivity index (χ1) is 9.32. The van der Waals surface area contributed by atoms with E-state index >= 15 is 0 Å². The first kappa shape index (κ1) is 16.2. The molecular formula is C15H21NO4. The molecule has 1 heterocycles. The average molecular weight is 279 g/mol. The van der Waals surface area contributed by atoms with Crippen molar-refractivity contribution in [2.75, 3.05) is 19.6 Å². The second kappa shape index (κ2) is 7.05. The zero-order valence-electron chi connectivity index (χ0n) is 12.1. The van der Waals surface area contributed by atoms with Gasteiger partial charge in [0.2, 0.25) is 0 Å². The summed E-state index contributed by atoms with van der Waals surface area (Å²) in [6.07, 6.45) is 0. The van der Waals surface area contributed by atoms with Crippen molar-refractivity contribution < 1.29 is 19.8 Å². The Morgan fingerprint density at radius 1 is 1.15 bits per heavy atom. The van der Waals surface area contributed by atoms with E-state index in [1.165, 1.54) is 44.8 Å². The molecule has 5 nitrogen and oxygen atoms in total. The summed E-state index contributed by atoms with van der Waals surface area (Å²) in [4.78, 5) is 23.7. The lowest BCUT2D eigenvalue weighted by Gasteiger charge is -2.03. The molecule has 0 spiro atoms. The molecule has 0 saturated carbocycles. The van der Waals surface area contributed by atoms with E-state index in [0.29, 0.717) is 0 Å². The fourth-order valence-electron chi connectivity index (χ4n) is 1.87. The van der Waals surface area contributed by atoms with E-state index in [2.05, 4.69) is 18.7 Å². The number of carboxylic acid groups (broad SMARTS) is 2. The van der Waals surface area contributed by atoms with Crippen molar-refractivity contribution in [2.45, 2.75) is 20.8 Å². The molecule has 1 saturated heterocycles. The third-order valence-electron chi connectivity index (χ3n) is 2.96. The number of carbonyl (C=O) groups is 2. The monoisotopic (exact) mass is 279 g/mol. The first-order valence-corrected chi connectivity index (χ1v) is 6.61. The second-order valence-corrected chi connectivity index (χ2v) is 5.28. The van der Waals surface area contributed by atoms with Gasteiger partial charge >= 0.3 is 11.9 Å². The SMILES string of the molecule is CC(C)CN1CC1.Cc1c(C(=O)O)cccc1C(=O)O. The molecule has 2 N–H and O–H groups in total. The van der Waals surface area contributed by atoms with Gasteiger partial charge in [0.1, 0.15) is 0 Å². The first-order valence-electron chi connectivity index (χ1n) is 6.61. The van der Waals surface area contributed by atoms with Gasteiger partial charge in [0.05, 0.1) is 11.1 Å². The topological polar surface area (TPSA) is 77.6 Å². The van der Waals surface area contributed by atoms with Crippen LogP contribution in [-0.2, 0) is 0 Å². The Kier molecular flexibility index (Phi) is 5.70. The molecule has 1 aliphatic rings. The molecular weight excluding hydrogens is 258 g/mol. The zero-order chi connectivity index (χ0) is 15.3. The summed E-state index contributed by atoms with van der Waals surface area (Å²) in [7, 11) is 0.